The summed E-state index contributed by atoms with van der Waals surface area (Å²) in [6.07, 6.45) is 1.51. The van der Waals surface area contributed by atoms with Crippen molar-refractivity contribution in [2.45, 2.75) is 6.92 Å². The maximum Gasteiger partial charge on any atom is 0.294 e. The first-order chi connectivity index (χ1) is 16.7. The monoisotopic (exact) mass is 519 g/mol. The van der Waals surface area contributed by atoms with Gasteiger partial charge in [-0.05, 0) is 60.7 Å². The zero-order valence-corrected chi connectivity index (χ0v) is 20.4. The fourth-order valence-electron chi connectivity index (χ4n) is 3.03. The van der Waals surface area contributed by atoms with E-state index in [1.807, 2.05) is 0 Å². The van der Waals surface area contributed by atoms with Gasteiger partial charge < -0.3 is 25.3 Å². The van der Waals surface area contributed by atoms with Gasteiger partial charge in [0.05, 0.1) is 23.6 Å². The molecule has 0 aliphatic carbocycles. The Hall–Kier alpha value is -3.70. The maximum atomic E-state index is 12.8. The molecule has 0 spiro atoms. The van der Waals surface area contributed by atoms with Crippen LogP contribution < -0.4 is 25.3 Å². The van der Waals surface area contributed by atoms with Crippen LogP contribution in [0.4, 0.5) is 10.5 Å². The molecule has 2 aromatic rings. The molecular weight excluding hydrogens is 498 g/mol. The largest absolute Gasteiger partial charge is 0.495 e. The molecule has 0 bridgehead atoms. The Kier molecular flexibility index (Phi) is 8.61. The topological polar surface area (TPSA) is 137 Å². The van der Waals surface area contributed by atoms with E-state index in [4.69, 9.17) is 31.5 Å². The number of hydrogen-bond donors (Lipinski definition) is 2. The summed E-state index contributed by atoms with van der Waals surface area (Å²) < 4.78 is 15.9. The minimum Gasteiger partial charge on any atom is -0.495 e. The van der Waals surface area contributed by atoms with Crippen molar-refractivity contribution in [3.8, 4) is 17.2 Å². The molecule has 0 unspecified atom stereocenters. The van der Waals surface area contributed by atoms with Gasteiger partial charge in [-0.1, -0.05) is 17.7 Å². The molecule has 35 heavy (non-hydrogen) atoms. The van der Waals surface area contributed by atoms with E-state index in [9.17, 15) is 19.2 Å². The highest BCUT2D eigenvalue weighted by Crippen LogP contribution is 2.35. The number of methoxy groups -OCH3 is 1. The number of nitrogens with one attached hydrogen (secondary N) is 1. The van der Waals surface area contributed by atoms with Crippen molar-refractivity contribution in [3.63, 3.8) is 0 Å². The van der Waals surface area contributed by atoms with E-state index < -0.39 is 29.5 Å². The second kappa shape index (κ2) is 11.6. The first-order valence-corrected chi connectivity index (χ1v) is 11.5. The van der Waals surface area contributed by atoms with Crippen LogP contribution in [0.1, 0.15) is 12.5 Å². The van der Waals surface area contributed by atoms with E-state index in [0.29, 0.717) is 40.1 Å². The van der Waals surface area contributed by atoms with Crippen molar-refractivity contribution >= 4 is 58.1 Å². The van der Waals surface area contributed by atoms with Crippen molar-refractivity contribution in [2.75, 3.05) is 32.2 Å². The van der Waals surface area contributed by atoms with Gasteiger partial charge in [0.25, 0.3) is 17.1 Å². The number of anilines is 1. The molecule has 2 aromatic carbocycles. The van der Waals surface area contributed by atoms with E-state index in [0.717, 1.165) is 16.7 Å². The highest BCUT2D eigenvalue weighted by atomic mass is 35.5. The number of benzene rings is 2. The zero-order valence-electron chi connectivity index (χ0n) is 18.8. The molecule has 0 atom stereocenters. The third kappa shape index (κ3) is 6.67. The summed E-state index contributed by atoms with van der Waals surface area (Å²) in [5.41, 5.74) is 6.06. The van der Waals surface area contributed by atoms with E-state index in [1.165, 1.54) is 19.3 Å². The number of primary amides is 1. The molecule has 1 heterocycles. The average molecular weight is 520 g/mol. The smallest absolute Gasteiger partial charge is 0.294 e. The summed E-state index contributed by atoms with van der Waals surface area (Å²) in [5.74, 6) is -0.699. The lowest BCUT2D eigenvalue weighted by molar-refractivity contribution is -0.127. The van der Waals surface area contributed by atoms with E-state index in [-0.39, 0.29) is 11.5 Å². The Morgan fingerprint density at radius 1 is 1.11 bits per heavy atom. The predicted molar refractivity (Wildman–Crippen MR) is 132 cm³/mol. The SMILES string of the molecule is CCOc1cc(/C=C2\SC(=O)N(CC(=O)Nc3ccc(OC)c(Cl)c3)C2=O)ccc1OCC(N)=O. The van der Waals surface area contributed by atoms with Gasteiger partial charge in [0, 0.05) is 5.69 Å². The Morgan fingerprint density at radius 2 is 1.86 bits per heavy atom. The third-order valence-corrected chi connectivity index (χ3v) is 5.75. The number of thioether (sulfide) groups is 1. The summed E-state index contributed by atoms with van der Waals surface area (Å²) >= 11 is 6.77. The van der Waals surface area contributed by atoms with E-state index in [1.54, 1.807) is 37.3 Å². The van der Waals surface area contributed by atoms with Crippen LogP contribution in [0.15, 0.2) is 41.3 Å². The summed E-state index contributed by atoms with van der Waals surface area (Å²) in [7, 11) is 1.47. The second-order valence-corrected chi connectivity index (χ2v) is 8.46. The Labute approximate surface area is 210 Å². The van der Waals surface area contributed by atoms with Crippen LogP contribution in [0.5, 0.6) is 17.2 Å². The Bertz CT molecular complexity index is 1200. The lowest BCUT2D eigenvalue weighted by Gasteiger charge is -2.13. The van der Waals surface area contributed by atoms with Crippen molar-refractivity contribution in [2.24, 2.45) is 5.73 Å². The second-order valence-electron chi connectivity index (χ2n) is 7.06. The fraction of sp³-hybridized carbons (Fsp3) is 0.217. The molecule has 3 N–H and O–H groups in total. The van der Waals surface area contributed by atoms with Crippen LogP contribution in [-0.4, -0.2) is 54.7 Å². The molecule has 4 amide bonds. The Balaban J connectivity index is 1.71. The predicted octanol–water partition coefficient (Wildman–Crippen LogP) is 3.29. The number of nitrogens with two attached hydrogens (primary N) is 1. The van der Waals surface area contributed by atoms with Crippen LogP contribution in [-0.2, 0) is 14.4 Å². The summed E-state index contributed by atoms with van der Waals surface area (Å²) in [6, 6.07) is 9.47. The molecule has 0 aromatic heterocycles. The highest BCUT2D eigenvalue weighted by molar-refractivity contribution is 8.18. The Morgan fingerprint density at radius 3 is 2.51 bits per heavy atom. The quantitative estimate of drug-likeness (QED) is 0.456. The van der Waals surface area contributed by atoms with Crippen LogP contribution in [0.25, 0.3) is 6.08 Å². The molecule has 3 rings (SSSR count). The van der Waals surface area contributed by atoms with Gasteiger partial charge >= 0.3 is 0 Å². The van der Waals surface area contributed by atoms with E-state index >= 15 is 0 Å². The number of rotatable bonds is 10. The van der Waals surface area contributed by atoms with Crippen LogP contribution in [0.3, 0.4) is 0 Å². The molecule has 1 saturated heterocycles. The molecule has 10 nitrogen and oxygen atoms in total. The first kappa shape index (κ1) is 25.9. The van der Waals surface area contributed by atoms with Gasteiger partial charge in [0.1, 0.15) is 12.3 Å². The van der Waals surface area contributed by atoms with Crippen LogP contribution in [0.2, 0.25) is 5.02 Å². The highest BCUT2D eigenvalue weighted by Gasteiger charge is 2.36. The van der Waals surface area contributed by atoms with Gasteiger partial charge in [-0.25, -0.2) is 0 Å². The number of hydrogen-bond acceptors (Lipinski definition) is 8. The molecule has 1 aliphatic heterocycles. The van der Waals surface area contributed by atoms with Crippen molar-refractivity contribution in [1.82, 2.24) is 4.90 Å². The standard InChI is InChI=1S/C23H22ClN3O7S/c1-3-33-18-8-13(4-6-17(18)34-12-20(25)28)9-19-22(30)27(23(31)35-19)11-21(29)26-14-5-7-16(32-2)15(24)10-14/h4-10H,3,11-12H2,1-2H3,(H2,25,28)(H,26,29)/b19-9-. The number of amides is 4. The number of halogens is 1. The van der Waals surface area contributed by atoms with Gasteiger partial charge in [-0.2, -0.15) is 0 Å². The maximum absolute atomic E-state index is 12.8. The number of imide groups is 1. The van der Waals surface area contributed by atoms with Crippen LogP contribution in [0, 0.1) is 0 Å². The summed E-state index contributed by atoms with van der Waals surface area (Å²) in [4.78, 5) is 49.6. The molecule has 1 aliphatic rings. The van der Waals surface area contributed by atoms with Crippen molar-refractivity contribution in [3.05, 3.63) is 51.9 Å². The van der Waals surface area contributed by atoms with Gasteiger partial charge in [0.15, 0.2) is 18.1 Å². The van der Waals surface area contributed by atoms with E-state index in [2.05, 4.69) is 5.32 Å². The molecule has 0 saturated carbocycles. The van der Waals surface area contributed by atoms with Crippen molar-refractivity contribution < 1.29 is 33.4 Å². The average Bonchev–Trinajstić information content (AvgIpc) is 3.06. The molecule has 184 valence electrons. The minimum absolute atomic E-state index is 0.142. The number of nitrogens with zero attached hydrogens (tertiary/aromatic N) is 1. The lowest BCUT2D eigenvalue weighted by atomic mass is 10.2. The first-order valence-electron chi connectivity index (χ1n) is 10.3. The van der Waals surface area contributed by atoms with Crippen LogP contribution >= 0.6 is 23.4 Å². The van der Waals surface area contributed by atoms with Gasteiger partial charge in [0.2, 0.25) is 5.91 Å². The van der Waals surface area contributed by atoms with Crippen molar-refractivity contribution in [1.29, 1.82) is 0 Å². The summed E-state index contributed by atoms with van der Waals surface area (Å²) in [6.45, 7) is 1.33. The molecular formula is C23H22ClN3O7S. The zero-order chi connectivity index (χ0) is 25.5. The number of ether oxygens (including phenoxy) is 3. The minimum atomic E-state index is -0.635. The molecule has 0 radical (unpaired) electrons. The normalized spacial score (nSPS) is 14.3. The summed E-state index contributed by atoms with van der Waals surface area (Å²) in [5, 5.41) is 2.33. The fourth-order valence-corrected chi connectivity index (χ4v) is 4.12. The molecule has 12 heteroatoms. The lowest BCUT2D eigenvalue weighted by Crippen LogP contribution is -2.36. The molecule has 1 fully saturated rings. The number of carbonyl (C=O) groups is 4. The number of carbonyl (C=O) groups excluding carboxylic acids is 4. The van der Waals surface area contributed by atoms with Gasteiger partial charge in [-0.15, -0.1) is 0 Å². The van der Waals surface area contributed by atoms with Gasteiger partial charge in [-0.3, -0.25) is 24.1 Å². The third-order valence-electron chi connectivity index (χ3n) is 4.55.